The van der Waals surface area contributed by atoms with Crippen LogP contribution in [0.4, 0.5) is 14.6 Å². The lowest BCUT2D eigenvalue weighted by Crippen LogP contribution is -2.58. The molecular weight excluding hydrogens is 366 g/mol. The molecule has 0 unspecified atom stereocenters. The molecule has 1 saturated heterocycles. The van der Waals surface area contributed by atoms with Crippen molar-refractivity contribution in [2.75, 3.05) is 18.4 Å². The molecule has 1 N–H and O–H groups in total. The van der Waals surface area contributed by atoms with E-state index < -0.39 is 19.0 Å². The maximum atomic E-state index is 12.9. The molecule has 0 aliphatic carbocycles. The minimum Gasteiger partial charge on any atom is -0.330 e. The fourth-order valence-electron chi connectivity index (χ4n) is 3.28. The standard InChI is InChI=1S/C20H18F2N4O2/c1-13(27)23-18-10-17-16(3-2-8-26(17)24-18)15-6-4-14(5-7-15)9-19(28)25-11-20(21,22)12-25/h2-8,10H,9,11-12H2,1H3,(H,23,24,27). The smallest absolute Gasteiger partial charge is 0.282 e. The molecule has 0 atom stereocenters. The van der Waals surface area contributed by atoms with Gasteiger partial charge in [-0.05, 0) is 17.2 Å². The van der Waals surface area contributed by atoms with Gasteiger partial charge >= 0.3 is 0 Å². The first-order valence-electron chi connectivity index (χ1n) is 8.82. The van der Waals surface area contributed by atoms with Crippen molar-refractivity contribution in [1.29, 1.82) is 0 Å². The SMILES string of the molecule is CC(=O)Nc1cc2c(-c3ccc(CC(=O)N4CC(F)(F)C4)cc3)cccn2n1. The number of amides is 2. The predicted molar refractivity (Wildman–Crippen MR) is 100 cm³/mol. The van der Waals surface area contributed by atoms with Crippen LogP contribution < -0.4 is 5.32 Å². The van der Waals surface area contributed by atoms with Gasteiger partial charge in [-0.15, -0.1) is 0 Å². The maximum absolute atomic E-state index is 12.9. The average molecular weight is 384 g/mol. The summed E-state index contributed by atoms with van der Waals surface area (Å²) < 4.78 is 27.5. The second-order valence-corrected chi connectivity index (χ2v) is 6.94. The number of nitrogens with one attached hydrogen (secondary N) is 1. The molecule has 28 heavy (non-hydrogen) atoms. The lowest BCUT2D eigenvalue weighted by molar-refractivity contribution is -0.165. The Balaban J connectivity index is 1.53. The van der Waals surface area contributed by atoms with Gasteiger partial charge < -0.3 is 10.2 Å². The van der Waals surface area contributed by atoms with Crippen molar-refractivity contribution in [3.05, 3.63) is 54.2 Å². The Kier molecular flexibility index (Phi) is 4.33. The molecule has 4 rings (SSSR count). The Labute approximate surface area is 159 Å². The number of fused-ring (bicyclic) bond motifs is 1. The molecule has 1 fully saturated rings. The average Bonchev–Trinajstić information content (AvgIpc) is 3.01. The van der Waals surface area contributed by atoms with Crippen LogP contribution in [0.3, 0.4) is 0 Å². The van der Waals surface area contributed by atoms with Crippen LogP contribution in [0.2, 0.25) is 0 Å². The molecule has 144 valence electrons. The summed E-state index contributed by atoms with van der Waals surface area (Å²) in [6.45, 7) is 0.430. The first-order valence-corrected chi connectivity index (χ1v) is 8.82. The molecule has 0 radical (unpaired) electrons. The maximum Gasteiger partial charge on any atom is 0.282 e. The summed E-state index contributed by atoms with van der Waals surface area (Å²) in [7, 11) is 0. The van der Waals surface area contributed by atoms with Crippen LogP contribution in [0.5, 0.6) is 0 Å². The number of nitrogens with zero attached hydrogens (tertiary/aromatic N) is 3. The first kappa shape index (κ1) is 18.1. The van der Waals surface area contributed by atoms with Crippen LogP contribution in [0.1, 0.15) is 12.5 Å². The molecule has 2 aromatic heterocycles. The fraction of sp³-hybridized carbons (Fsp3) is 0.250. The van der Waals surface area contributed by atoms with Gasteiger partial charge in [0.05, 0.1) is 25.0 Å². The van der Waals surface area contributed by atoms with Crippen molar-refractivity contribution in [3.63, 3.8) is 0 Å². The minimum atomic E-state index is -2.75. The highest BCUT2D eigenvalue weighted by molar-refractivity contribution is 5.90. The van der Waals surface area contributed by atoms with Crippen LogP contribution in [-0.4, -0.2) is 45.3 Å². The number of rotatable bonds is 4. The number of pyridine rings is 1. The number of carbonyl (C=O) groups excluding carboxylic acids is 2. The van der Waals surface area contributed by atoms with Gasteiger partial charge in [-0.25, -0.2) is 13.3 Å². The summed E-state index contributed by atoms with van der Waals surface area (Å²) in [6, 6.07) is 13.0. The van der Waals surface area contributed by atoms with Gasteiger partial charge in [-0.1, -0.05) is 30.3 Å². The molecule has 6 nitrogen and oxygen atoms in total. The fourth-order valence-corrected chi connectivity index (χ4v) is 3.28. The molecule has 8 heteroatoms. The van der Waals surface area contributed by atoms with Crippen molar-refractivity contribution >= 4 is 23.1 Å². The summed E-state index contributed by atoms with van der Waals surface area (Å²) in [5, 5.41) is 6.98. The Morgan fingerprint density at radius 1 is 1.18 bits per heavy atom. The molecule has 3 aromatic rings. The van der Waals surface area contributed by atoms with Crippen molar-refractivity contribution in [2.45, 2.75) is 19.3 Å². The van der Waals surface area contributed by atoms with Crippen molar-refractivity contribution in [1.82, 2.24) is 14.5 Å². The lowest BCUT2D eigenvalue weighted by atomic mass is 10.0. The number of likely N-dealkylation sites (tertiary alicyclic amines) is 1. The van der Waals surface area contributed by atoms with Gasteiger partial charge in [0, 0.05) is 24.8 Å². The highest BCUT2D eigenvalue weighted by Gasteiger charge is 2.45. The summed E-state index contributed by atoms with van der Waals surface area (Å²) in [5.41, 5.74) is 3.44. The van der Waals surface area contributed by atoms with Gasteiger partial charge in [0.15, 0.2) is 5.82 Å². The Morgan fingerprint density at radius 3 is 2.54 bits per heavy atom. The van der Waals surface area contributed by atoms with Gasteiger partial charge in [-0.2, -0.15) is 5.10 Å². The van der Waals surface area contributed by atoms with E-state index in [-0.39, 0.29) is 18.2 Å². The van der Waals surface area contributed by atoms with Crippen LogP contribution >= 0.6 is 0 Å². The highest BCUT2D eigenvalue weighted by atomic mass is 19.3. The van der Waals surface area contributed by atoms with Crippen LogP contribution in [-0.2, 0) is 16.0 Å². The molecule has 2 amide bonds. The highest BCUT2D eigenvalue weighted by Crippen LogP contribution is 2.29. The molecule has 1 aliphatic rings. The van der Waals surface area contributed by atoms with Crippen LogP contribution in [0.25, 0.3) is 16.6 Å². The number of benzene rings is 1. The Morgan fingerprint density at radius 2 is 1.89 bits per heavy atom. The summed E-state index contributed by atoms with van der Waals surface area (Å²) in [6.07, 6.45) is 1.89. The van der Waals surface area contributed by atoms with E-state index in [1.807, 2.05) is 36.4 Å². The van der Waals surface area contributed by atoms with Crippen LogP contribution in [0, 0.1) is 0 Å². The number of carbonyl (C=O) groups is 2. The number of alkyl halides is 2. The minimum absolute atomic E-state index is 0.0971. The zero-order valence-corrected chi connectivity index (χ0v) is 15.2. The quantitative estimate of drug-likeness (QED) is 0.752. The topological polar surface area (TPSA) is 66.7 Å². The third-order valence-electron chi connectivity index (χ3n) is 4.62. The van der Waals surface area contributed by atoms with E-state index >= 15 is 0 Å². The Bertz CT molecular complexity index is 1050. The van der Waals surface area contributed by atoms with E-state index in [4.69, 9.17) is 0 Å². The van der Waals surface area contributed by atoms with Crippen molar-refractivity contribution in [3.8, 4) is 11.1 Å². The largest absolute Gasteiger partial charge is 0.330 e. The predicted octanol–water partition coefficient (Wildman–Crippen LogP) is 2.98. The van der Waals surface area contributed by atoms with Gasteiger partial charge in [-0.3, -0.25) is 9.59 Å². The van der Waals surface area contributed by atoms with E-state index in [0.717, 1.165) is 22.2 Å². The molecular formula is C20H18F2N4O2. The van der Waals surface area contributed by atoms with E-state index in [1.54, 1.807) is 16.8 Å². The molecule has 1 aromatic carbocycles. The van der Waals surface area contributed by atoms with Crippen molar-refractivity contribution in [2.24, 2.45) is 0 Å². The van der Waals surface area contributed by atoms with Gasteiger partial charge in [0.25, 0.3) is 5.92 Å². The van der Waals surface area contributed by atoms with Crippen LogP contribution in [0.15, 0.2) is 48.7 Å². The molecule has 3 heterocycles. The third-order valence-corrected chi connectivity index (χ3v) is 4.62. The summed E-state index contributed by atoms with van der Waals surface area (Å²) >= 11 is 0. The molecule has 0 bridgehead atoms. The number of hydrogen-bond donors (Lipinski definition) is 1. The molecule has 0 spiro atoms. The summed E-state index contributed by atoms with van der Waals surface area (Å²) in [5.74, 6) is -2.77. The van der Waals surface area contributed by atoms with E-state index in [1.165, 1.54) is 11.8 Å². The normalized spacial score (nSPS) is 15.3. The number of anilines is 1. The molecule has 1 aliphatic heterocycles. The molecule has 0 saturated carbocycles. The number of halogens is 2. The second-order valence-electron chi connectivity index (χ2n) is 6.94. The lowest BCUT2D eigenvalue weighted by Gasteiger charge is -2.38. The van der Waals surface area contributed by atoms with E-state index in [2.05, 4.69) is 10.4 Å². The summed E-state index contributed by atoms with van der Waals surface area (Å²) in [4.78, 5) is 24.5. The van der Waals surface area contributed by atoms with Crippen molar-refractivity contribution < 1.29 is 18.4 Å². The Hall–Kier alpha value is -3.29. The number of hydrogen-bond acceptors (Lipinski definition) is 3. The second kappa shape index (κ2) is 6.70. The zero-order valence-electron chi connectivity index (χ0n) is 15.2. The van der Waals surface area contributed by atoms with E-state index in [9.17, 15) is 18.4 Å². The zero-order chi connectivity index (χ0) is 19.9. The number of aromatic nitrogens is 2. The van der Waals surface area contributed by atoms with Gasteiger partial charge in [0.2, 0.25) is 11.8 Å². The van der Waals surface area contributed by atoms with E-state index in [0.29, 0.717) is 5.82 Å². The first-order chi connectivity index (χ1) is 13.3. The van der Waals surface area contributed by atoms with Gasteiger partial charge in [0.1, 0.15) is 0 Å². The third kappa shape index (κ3) is 3.58. The monoisotopic (exact) mass is 384 g/mol.